The van der Waals surface area contributed by atoms with Crippen molar-refractivity contribution in [1.29, 1.82) is 0 Å². The molecule has 0 unspecified atom stereocenters. The summed E-state index contributed by atoms with van der Waals surface area (Å²) in [5.41, 5.74) is 1.10. The zero-order chi connectivity index (χ0) is 10.8. The van der Waals surface area contributed by atoms with E-state index >= 15 is 0 Å². The molecule has 0 aliphatic carbocycles. The molecule has 2 nitrogen and oxygen atoms in total. The average Bonchev–Trinajstić information content (AvgIpc) is 2.56. The zero-order valence-electron chi connectivity index (χ0n) is 7.83. The maximum absolute atomic E-state index is 6.03. The Balaban J connectivity index is 2.24. The second kappa shape index (κ2) is 4.51. The number of hydrogen-bond acceptors (Lipinski definition) is 3. The third kappa shape index (κ3) is 2.71. The standard InChI is InChI=1S/C10H7BrClNOS/c1-6-2-3-8(7(12)4-6)14-10-13-9(11)5-15-10/h2-5H,1H3. The summed E-state index contributed by atoms with van der Waals surface area (Å²) in [6.07, 6.45) is 0. The molecule has 0 saturated carbocycles. The smallest absolute Gasteiger partial charge is 0.279 e. The Bertz CT molecular complexity index is 486. The Morgan fingerprint density at radius 2 is 2.27 bits per heavy atom. The van der Waals surface area contributed by atoms with Gasteiger partial charge in [0, 0.05) is 5.38 Å². The van der Waals surface area contributed by atoms with Gasteiger partial charge in [-0.25, -0.2) is 0 Å². The molecule has 0 amide bonds. The van der Waals surface area contributed by atoms with Crippen LogP contribution in [0, 0.1) is 6.92 Å². The van der Waals surface area contributed by atoms with Crippen LogP contribution in [0.2, 0.25) is 5.02 Å². The van der Waals surface area contributed by atoms with Crippen LogP contribution >= 0.6 is 38.9 Å². The van der Waals surface area contributed by atoms with Gasteiger partial charge >= 0.3 is 0 Å². The zero-order valence-corrected chi connectivity index (χ0v) is 11.0. The molecule has 0 N–H and O–H groups in total. The Morgan fingerprint density at radius 3 is 2.87 bits per heavy atom. The summed E-state index contributed by atoms with van der Waals surface area (Å²) in [6.45, 7) is 1.98. The molecule has 0 bridgehead atoms. The number of thiazole rings is 1. The lowest BCUT2D eigenvalue weighted by Crippen LogP contribution is -1.84. The Hall–Kier alpha value is -0.580. The summed E-state index contributed by atoms with van der Waals surface area (Å²) < 4.78 is 6.30. The molecule has 15 heavy (non-hydrogen) atoms. The van der Waals surface area contributed by atoms with Gasteiger partial charge in [-0.15, -0.1) is 0 Å². The van der Waals surface area contributed by atoms with Crippen LogP contribution < -0.4 is 4.74 Å². The topological polar surface area (TPSA) is 22.1 Å². The van der Waals surface area contributed by atoms with Gasteiger partial charge in [-0.1, -0.05) is 29.0 Å². The van der Waals surface area contributed by atoms with Gasteiger partial charge in [-0.05, 0) is 40.5 Å². The van der Waals surface area contributed by atoms with E-state index in [1.54, 1.807) is 0 Å². The molecular weight excluding hydrogens is 298 g/mol. The van der Waals surface area contributed by atoms with Crippen molar-refractivity contribution in [3.8, 4) is 10.9 Å². The van der Waals surface area contributed by atoms with Crippen LogP contribution in [0.5, 0.6) is 10.9 Å². The van der Waals surface area contributed by atoms with Crippen LogP contribution in [0.4, 0.5) is 0 Å². The number of rotatable bonds is 2. The second-order valence-electron chi connectivity index (χ2n) is 2.97. The molecule has 0 atom stereocenters. The van der Waals surface area contributed by atoms with Crippen molar-refractivity contribution in [2.75, 3.05) is 0 Å². The van der Waals surface area contributed by atoms with Crippen LogP contribution in [0.15, 0.2) is 28.2 Å². The highest BCUT2D eigenvalue weighted by Gasteiger charge is 2.06. The Labute approximate surface area is 105 Å². The number of halogens is 2. The molecule has 0 fully saturated rings. The lowest BCUT2D eigenvalue weighted by atomic mass is 10.2. The van der Waals surface area contributed by atoms with Gasteiger partial charge < -0.3 is 4.74 Å². The third-order valence-corrected chi connectivity index (χ3v) is 3.46. The minimum atomic E-state index is 0.577. The van der Waals surface area contributed by atoms with Crippen molar-refractivity contribution < 1.29 is 4.74 Å². The van der Waals surface area contributed by atoms with E-state index in [1.165, 1.54) is 11.3 Å². The van der Waals surface area contributed by atoms with Crippen molar-refractivity contribution in [3.63, 3.8) is 0 Å². The number of aromatic nitrogens is 1. The first kappa shape index (κ1) is 10.9. The van der Waals surface area contributed by atoms with E-state index in [2.05, 4.69) is 20.9 Å². The fourth-order valence-corrected chi connectivity index (χ4v) is 2.44. The Morgan fingerprint density at radius 1 is 1.47 bits per heavy atom. The summed E-state index contributed by atoms with van der Waals surface area (Å²) >= 11 is 10.7. The van der Waals surface area contributed by atoms with Crippen LogP contribution in [-0.2, 0) is 0 Å². The number of hydrogen-bond donors (Lipinski definition) is 0. The maximum Gasteiger partial charge on any atom is 0.279 e. The van der Waals surface area contributed by atoms with Crippen molar-refractivity contribution in [2.45, 2.75) is 6.92 Å². The molecule has 1 aromatic heterocycles. The molecule has 1 aromatic carbocycles. The molecule has 1 heterocycles. The number of ether oxygens (including phenoxy) is 1. The van der Waals surface area contributed by atoms with E-state index < -0.39 is 0 Å². The highest BCUT2D eigenvalue weighted by atomic mass is 79.9. The lowest BCUT2D eigenvalue weighted by molar-refractivity contribution is 0.478. The van der Waals surface area contributed by atoms with Gasteiger partial charge in [-0.3, -0.25) is 0 Å². The fourth-order valence-electron chi connectivity index (χ4n) is 1.07. The summed E-state index contributed by atoms with van der Waals surface area (Å²) in [7, 11) is 0. The first-order valence-electron chi connectivity index (χ1n) is 4.20. The van der Waals surface area contributed by atoms with Crippen LogP contribution in [0.3, 0.4) is 0 Å². The molecule has 0 aliphatic heterocycles. The van der Waals surface area contributed by atoms with Crippen LogP contribution in [0.1, 0.15) is 5.56 Å². The summed E-state index contributed by atoms with van der Waals surface area (Å²) in [4.78, 5) is 4.12. The molecule has 2 rings (SSSR count). The summed E-state index contributed by atoms with van der Waals surface area (Å²) in [5, 5.41) is 3.03. The van der Waals surface area contributed by atoms with Gasteiger partial charge in [0.15, 0.2) is 0 Å². The van der Waals surface area contributed by atoms with E-state index in [9.17, 15) is 0 Å². The van der Waals surface area contributed by atoms with Crippen molar-refractivity contribution >= 4 is 38.9 Å². The van der Waals surface area contributed by atoms with Gasteiger partial charge in [0.25, 0.3) is 5.19 Å². The van der Waals surface area contributed by atoms with Gasteiger partial charge in [0.2, 0.25) is 0 Å². The molecule has 5 heteroatoms. The van der Waals surface area contributed by atoms with Gasteiger partial charge in [0.05, 0.1) is 5.02 Å². The van der Waals surface area contributed by atoms with E-state index in [0.717, 1.165) is 10.2 Å². The minimum Gasteiger partial charge on any atom is -0.429 e. The molecule has 78 valence electrons. The van der Waals surface area contributed by atoms with E-state index in [0.29, 0.717) is 16.0 Å². The predicted molar refractivity (Wildman–Crippen MR) is 66.1 cm³/mol. The molecular formula is C10H7BrClNOS. The maximum atomic E-state index is 6.03. The monoisotopic (exact) mass is 303 g/mol. The third-order valence-electron chi connectivity index (χ3n) is 1.74. The first-order valence-corrected chi connectivity index (χ1v) is 6.25. The number of benzene rings is 1. The summed E-state index contributed by atoms with van der Waals surface area (Å²) in [6, 6.07) is 5.65. The highest BCUT2D eigenvalue weighted by molar-refractivity contribution is 9.10. The van der Waals surface area contributed by atoms with Crippen LogP contribution in [0.25, 0.3) is 0 Å². The van der Waals surface area contributed by atoms with E-state index in [1.807, 2.05) is 30.5 Å². The van der Waals surface area contributed by atoms with Gasteiger partial charge in [-0.2, -0.15) is 4.98 Å². The molecule has 2 aromatic rings. The highest BCUT2D eigenvalue weighted by Crippen LogP contribution is 2.32. The molecule has 0 spiro atoms. The lowest BCUT2D eigenvalue weighted by Gasteiger charge is -2.04. The molecule has 0 radical (unpaired) electrons. The minimum absolute atomic E-state index is 0.577. The largest absolute Gasteiger partial charge is 0.429 e. The molecule has 0 aliphatic rings. The van der Waals surface area contributed by atoms with Crippen molar-refractivity contribution in [2.24, 2.45) is 0 Å². The van der Waals surface area contributed by atoms with E-state index in [-0.39, 0.29) is 0 Å². The van der Waals surface area contributed by atoms with Gasteiger partial charge in [0.1, 0.15) is 10.4 Å². The Kier molecular flexibility index (Phi) is 3.29. The van der Waals surface area contributed by atoms with E-state index in [4.69, 9.17) is 16.3 Å². The van der Waals surface area contributed by atoms with Crippen LogP contribution in [-0.4, -0.2) is 4.98 Å². The predicted octanol–water partition coefficient (Wildman–Crippen LogP) is 4.66. The normalized spacial score (nSPS) is 10.3. The number of nitrogens with zero attached hydrogens (tertiary/aromatic N) is 1. The molecule has 0 saturated heterocycles. The summed E-state index contributed by atoms with van der Waals surface area (Å²) in [5.74, 6) is 0.629. The van der Waals surface area contributed by atoms with Crippen molar-refractivity contribution in [3.05, 3.63) is 38.8 Å². The number of aryl methyl sites for hydroxylation is 1. The first-order chi connectivity index (χ1) is 7.15. The average molecular weight is 305 g/mol. The second-order valence-corrected chi connectivity index (χ2v) is 5.01. The quantitative estimate of drug-likeness (QED) is 0.805. The van der Waals surface area contributed by atoms with Crippen molar-refractivity contribution in [1.82, 2.24) is 4.98 Å². The SMILES string of the molecule is Cc1ccc(Oc2nc(Br)cs2)c(Cl)c1. The fraction of sp³-hybridized carbons (Fsp3) is 0.100.